The molecule has 0 radical (unpaired) electrons. The Bertz CT molecular complexity index is 349. The average Bonchev–Trinajstić information content (AvgIpc) is 2.29. The second-order valence-electron chi connectivity index (χ2n) is 4.37. The first-order valence-electron chi connectivity index (χ1n) is 5.68. The van der Waals surface area contributed by atoms with E-state index in [-0.39, 0.29) is 0 Å². The summed E-state index contributed by atoms with van der Waals surface area (Å²) in [5.41, 5.74) is -0.882. The fourth-order valence-corrected chi connectivity index (χ4v) is 1.26. The topological polar surface area (TPSA) is 58.6 Å². The van der Waals surface area contributed by atoms with Gasteiger partial charge < -0.3 is 15.2 Å². The molecule has 1 rings (SSSR count). The summed E-state index contributed by atoms with van der Waals surface area (Å²) in [6.45, 7) is 4.49. The van der Waals surface area contributed by atoms with Crippen LogP contribution in [0.5, 0.6) is 5.75 Å². The van der Waals surface area contributed by atoms with Gasteiger partial charge in [-0.3, -0.25) is 4.79 Å². The third kappa shape index (κ3) is 4.87. The highest BCUT2D eigenvalue weighted by atomic mass is 16.5. The van der Waals surface area contributed by atoms with Gasteiger partial charge in [0.25, 0.3) is 0 Å². The Labute approximate surface area is 102 Å². The number of para-hydroxylation sites is 1. The quantitative estimate of drug-likeness (QED) is 0.711. The summed E-state index contributed by atoms with van der Waals surface area (Å²) < 4.78 is 5.49. The van der Waals surface area contributed by atoms with Crippen LogP contribution >= 0.6 is 0 Å². The summed E-state index contributed by atoms with van der Waals surface area (Å²) in [5.74, 6) is -0.00790. The summed E-state index contributed by atoms with van der Waals surface area (Å²) in [4.78, 5) is 10.8. The molecule has 1 aromatic rings. The standard InChI is InChI=1S/C13H19NO3/c1-13(2,12(15)16)14-9-6-10-17-11-7-4-3-5-8-11/h3-5,7-8,14H,6,9-10H2,1-2H3,(H,15,16). The molecule has 0 unspecified atom stereocenters. The fourth-order valence-electron chi connectivity index (χ4n) is 1.26. The highest BCUT2D eigenvalue weighted by molar-refractivity contribution is 5.77. The lowest BCUT2D eigenvalue weighted by Crippen LogP contribution is -2.47. The smallest absolute Gasteiger partial charge is 0.323 e. The largest absolute Gasteiger partial charge is 0.494 e. The molecule has 0 aliphatic carbocycles. The van der Waals surface area contributed by atoms with Crippen molar-refractivity contribution in [2.45, 2.75) is 25.8 Å². The summed E-state index contributed by atoms with van der Waals surface area (Å²) in [6, 6.07) is 9.56. The predicted octanol–water partition coefficient (Wildman–Crippen LogP) is 1.91. The lowest BCUT2D eigenvalue weighted by Gasteiger charge is -2.20. The molecule has 0 fully saturated rings. The first-order valence-corrected chi connectivity index (χ1v) is 5.68. The zero-order valence-electron chi connectivity index (χ0n) is 10.3. The van der Waals surface area contributed by atoms with Gasteiger partial charge in [0.2, 0.25) is 0 Å². The van der Waals surface area contributed by atoms with Gasteiger partial charge in [0.05, 0.1) is 6.61 Å². The minimum absolute atomic E-state index is 0.576. The minimum Gasteiger partial charge on any atom is -0.494 e. The van der Waals surface area contributed by atoms with Gasteiger partial charge in [0, 0.05) is 0 Å². The number of hydrogen-bond donors (Lipinski definition) is 2. The summed E-state index contributed by atoms with van der Waals surface area (Å²) in [5, 5.41) is 11.8. The van der Waals surface area contributed by atoms with Crippen molar-refractivity contribution in [3.05, 3.63) is 30.3 Å². The third-order valence-corrected chi connectivity index (χ3v) is 2.43. The summed E-state index contributed by atoms with van der Waals surface area (Å²) >= 11 is 0. The van der Waals surface area contributed by atoms with Crippen molar-refractivity contribution in [3.8, 4) is 5.75 Å². The Hall–Kier alpha value is -1.55. The van der Waals surface area contributed by atoms with Gasteiger partial charge >= 0.3 is 5.97 Å². The van der Waals surface area contributed by atoms with Gasteiger partial charge in [-0.25, -0.2) is 0 Å². The number of carbonyl (C=O) groups is 1. The maximum atomic E-state index is 10.8. The van der Waals surface area contributed by atoms with Crippen LogP contribution in [0.2, 0.25) is 0 Å². The molecule has 0 saturated carbocycles. The van der Waals surface area contributed by atoms with Crippen molar-refractivity contribution < 1.29 is 14.6 Å². The second kappa shape index (κ2) is 6.25. The molecule has 0 aliphatic rings. The molecule has 4 nitrogen and oxygen atoms in total. The maximum absolute atomic E-state index is 10.8. The van der Waals surface area contributed by atoms with Crippen LogP contribution < -0.4 is 10.1 Å². The van der Waals surface area contributed by atoms with E-state index < -0.39 is 11.5 Å². The van der Waals surface area contributed by atoms with Gasteiger partial charge in [-0.05, 0) is 38.9 Å². The Kier molecular flexibility index (Phi) is 4.97. The molecule has 1 aromatic carbocycles. The van der Waals surface area contributed by atoms with Crippen LogP contribution in [0.1, 0.15) is 20.3 Å². The molecule has 4 heteroatoms. The van der Waals surface area contributed by atoms with Crippen LogP contribution in [0.4, 0.5) is 0 Å². The van der Waals surface area contributed by atoms with E-state index >= 15 is 0 Å². The lowest BCUT2D eigenvalue weighted by molar-refractivity contribution is -0.143. The number of hydrogen-bond acceptors (Lipinski definition) is 3. The molecule has 2 N–H and O–H groups in total. The molecule has 94 valence electrons. The van der Waals surface area contributed by atoms with Crippen LogP contribution in [-0.4, -0.2) is 29.8 Å². The van der Waals surface area contributed by atoms with E-state index in [1.54, 1.807) is 13.8 Å². The van der Waals surface area contributed by atoms with E-state index in [4.69, 9.17) is 9.84 Å². The van der Waals surface area contributed by atoms with E-state index in [1.165, 1.54) is 0 Å². The predicted molar refractivity (Wildman–Crippen MR) is 66.3 cm³/mol. The average molecular weight is 237 g/mol. The highest BCUT2D eigenvalue weighted by Gasteiger charge is 2.25. The molecule has 0 atom stereocenters. The number of rotatable bonds is 7. The number of ether oxygens (including phenoxy) is 1. The molecular weight excluding hydrogens is 218 g/mol. The van der Waals surface area contributed by atoms with E-state index in [0.717, 1.165) is 12.2 Å². The van der Waals surface area contributed by atoms with Crippen molar-refractivity contribution in [2.75, 3.05) is 13.2 Å². The van der Waals surface area contributed by atoms with Crippen molar-refractivity contribution in [1.82, 2.24) is 5.32 Å². The maximum Gasteiger partial charge on any atom is 0.323 e. The molecule has 0 aromatic heterocycles. The first-order chi connectivity index (χ1) is 8.02. The SMILES string of the molecule is CC(C)(NCCCOc1ccccc1)C(=O)O. The van der Waals surface area contributed by atoms with Gasteiger partial charge in [-0.2, -0.15) is 0 Å². The molecule has 0 saturated heterocycles. The Morgan fingerprint density at radius 1 is 1.35 bits per heavy atom. The third-order valence-electron chi connectivity index (χ3n) is 2.43. The van der Waals surface area contributed by atoms with Crippen molar-refractivity contribution in [3.63, 3.8) is 0 Å². The van der Waals surface area contributed by atoms with E-state index in [9.17, 15) is 4.79 Å². The molecule has 0 aliphatic heterocycles. The van der Waals surface area contributed by atoms with Crippen LogP contribution in [0, 0.1) is 0 Å². The van der Waals surface area contributed by atoms with Gasteiger partial charge in [0.15, 0.2) is 0 Å². The second-order valence-corrected chi connectivity index (χ2v) is 4.37. The summed E-state index contributed by atoms with van der Waals surface area (Å²) in [6.07, 6.45) is 0.769. The highest BCUT2D eigenvalue weighted by Crippen LogP contribution is 2.08. The Morgan fingerprint density at radius 3 is 2.59 bits per heavy atom. The Morgan fingerprint density at radius 2 is 2.00 bits per heavy atom. The van der Waals surface area contributed by atoms with E-state index in [2.05, 4.69) is 5.32 Å². The van der Waals surface area contributed by atoms with Gasteiger partial charge in [0.1, 0.15) is 11.3 Å². The fraction of sp³-hybridized carbons (Fsp3) is 0.462. The normalized spacial score (nSPS) is 11.2. The number of benzene rings is 1. The van der Waals surface area contributed by atoms with Crippen molar-refractivity contribution in [2.24, 2.45) is 0 Å². The first kappa shape index (κ1) is 13.5. The molecule has 17 heavy (non-hydrogen) atoms. The minimum atomic E-state index is -0.882. The molecule has 0 amide bonds. The van der Waals surface area contributed by atoms with Gasteiger partial charge in [-0.15, -0.1) is 0 Å². The van der Waals surface area contributed by atoms with Crippen LogP contribution in [0.25, 0.3) is 0 Å². The van der Waals surface area contributed by atoms with Crippen molar-refractivity contribution >= 4 is 5.97 Å². The molecular formula is C13H19NO3. The van der Waals surface area contributed by atoms with E-state index in [0.29, 0.717) is 13.2 Å². The van der Waals surface area contributed by atoms with Crippen LogP contribution in [0.3, 0.4) is 0 Å². The van der Waals surface area contributed by atoms with Gasteiger partial charge in [-0.1, -0.05) is 18.2 Å². The van der Waals surface area contributed by atoms with Crippen LogP contribution in [-0.2, 0) is 4.79 Å². The Balaban J connectivity index is 2.15. The number of carboxylic acid groups (broad SMARTS) is 1. The zero-order valence-corrected chi connectivity index (χ0v) is 10.3. The summed E-state index contributed by atoms with van der Waals surface area (Å²) in [7, 11) is 0. The molecule has 0 heterocycles. The lowest BCUT2D eigenvalue weighted by atomic mass is 10.1. The van der Waals surface area contributed by atoms with Crippen molar-refractivity contribution in [1.29, 1.82) is 0 Å². The molecule has 0 spiro atoms. The number of nitrogens with one attached hydrogen (secondary N) is 1. The number of aliphatic carboxylic acids is 1. The zero-order chi connectivity index (χ0) is 12.7. The monoisotopic (exact) mass is 237 g/mol. The van der Waals surface area contributed by atoms with Crippen LogP contribution in [0.15, 0.2) is 30.3 Å². The van der Waals surface area contributed by atoms with E-state index in [1.807, 2.05) is 30.3 Å². The number of carboxylic acids is 1. The molecule has 0 bridgehead atoms.